The number of aryl methyl sites for hydroxylation is 1. The molecule has 3 amide bonds. The first-order valence-corrected chi connectivity index (χ1v) is 13.8. The predicted octanol–water partition coefficient (Wildman–Crippen LogP) is 4.15. The van der Waals surface area contributed by atoms with Gasteiger partial charge in [-0.3, -0.25) is 19.1 Å². The summed E-state index contributed by atoms with van der Waals surface area (Å²) < 4.78 is 1.71. The van der Waals surface area contributed by atoms with E-state index in [-0.39, 0.29) is 29.6 Å². The van der Waals surface area contributed by atoms with Gasteiger partial charge in [-0.15, -0.1) is 0 Å². The predicted molar refractivity (Wildman–Crippen MR) is 145 cm³/mol. The van der Waals surface area contributed by atoms with Crippen LogP contribution in [0.2, 0.25) is 0 Å². The van der Waals surface area contributed by atoms with Crippen molar-refractivity contribution in [3.05, 3.63) is 36.5 Å². The molecule has 1 aromatic heterocycles. The molecule has 2 fully saturated rings. The third-order valence-corrected chi connectivity index (χ3v) is 8.11. The molecule has 1 saturated heterocycles. The summed E-state index contributed by atoms with van der Waals surface area (Å²) in [5, 5.41) is 7.71. The van der Waals surface area contributed by atoms with Crippen LogP contribution < -0.4 is 10.2 Å². The zero-order valence-electron chi connectivity index (χ0n) is 22.7. The Kier molecular flexibility index (Phi) is 8.67. The smallest absolute Gasteiger partial charge is 0.249 e. The summed E-state index contributed by atoms with van der Waals surface area (Å²) in [7, 11) is 3.60. The number of rotatable bonds is 8. The third kappa shape index (κ3) is 5.89. The highest BCUT2D eigenvalue weighted by atomic mass is 16.2. The van der Waals surface area contributed by atoms with Gasteiger partial charge in [0.05, 0.1) is 5.69 Å². The molecule has 1 aliphatic carbocycles. The lowest BCUT2D eigenvalue weighted by atomic mass is 9.83. The van der Waals surface area contributed by atoms with E-state index in [1.165, 1.54) is 6.42 Å². The Bertz CT molecular complexity index is 1090. The fourth-order valence-electron chi connectivity index (χ4n) is 5.66. The second kappa shape index (κ2) is 11.9. The van der Waals surface area contributed by atoms with Crippen molar-refractivity contribution < 1.29 is 14.4 Å². The molecule has 0 spiro atoms. The maximum atomic E-state index is 14.0. The molecule has 2 aliphatic rings. The van der Waals surface area contributed by atoms with Gasteiger partial charge in [0.15, 0.2) is 0 Å². The second-order valence-electron chi connectivity index (χ2n) is 10.7. The first-order valence-electron chi connectivity index (χ1n) is 13.8. The lowest BCUT2D eigenvalue weighted by Crippen LogP contribution is -2.57. The maximum absolute atomic E-state index is 14.0. The molecule has 200 valence electrons. The molecule has 8 heteroatoms. The fraction of sp³-hybridized carbons (Fsp3) is 0.586. The third-order valence-electron chi connectivity index (χ3n) is 8.11. The van der Waals surface area contributed by atoms with Crippen LogP contribution in [0.15, 0.2) is 36.5 Å². The summed E-state index contributed by atoms with van der Waals surface area (Å²) in [6.07, 6.45) is 9.13. The molecule has 37 heavy (non-hydrogen) atoms. The van der Waals surface area contributed by atoms with Gasteiger partial charge in [0.25, 0.3) is 0 Å². The Morgan fingerprint density at radius 1 is 1.08 bits per heavy atom. The van der Waals surface area contributed by atoms with Crippen molar-refractivity contribution in [2.45, 2.75) is 77.3 Å². The highest BCUT2D eigenvalue weighted by Crippen LogP contribution is 2.32. The Hall–Kier alpha value is -3.16. The number of likely N-dealkylation sites (N-methyl/N-ethyl adjacent to an activating group) is 1. The van der Waals surface area contributed by atoms with E-state index in [0.717, 1.165) is 49.8 Å². The largest absolute Gasteiger partial charge is 0.344 e. The molecule has 1 saturated carbocycles. The van der Waals surface area contributed by atoms with Crippen LogP contribution in [-0.2, 0) is 21.4 Å². The van der Waals surface area contributed by atoms with Crippen LogP contribution in [0.5, 0.6) is 0 Å². The van der Waals surface area contributed by atoms with Crippen molar-refractivity contribution in [2.24, 2.45) is 18.9 Å². The quantitative estimate of drug-likeness (QED) is 0.581. The van der Waals surface area contributed by atoms with Crippen molar-refractivity contribution >= 4 is 23.4 Å². The minimum absolute atomic E-state index is 0.0755. The minimum Gasteiger partial charge on any atom is -0.344 e. The van der Waals surface area contributed by atoms with Gasteiger partial charge >= 0.3 is 0 Å². The molecule has 0 bridgehead atoms. The molecule has 3 atom stereocenters. The zero-order valence-corrected chi connectivity index (χ0v) is 22.7. The highest BCUT2D eigenvalue weighted by molar-refractivity contribution is 6.02. The minimum atomic E-state index is -0.571. The van der Waals surface area contributed by atoms with E-state index >= 15 is 0 Å². The Labute approximate surface area is 220 Å². The number of carbonyl (C=O) groups is 3. The van der Waals surface area contributed by atoms with Crippen LogP contribution in [0.25, 0.3) is 11.3 Å². The summed E-state index contributed by atoms with van der Waals surface area (Å²) in [5.41, 5.74) is 2.38. The van der Waals surface area contributed by atoms with E-state index in [1.807, 2.05) is 57.4 Å². The number of nitrogens with one attached hydrogen (secondary N) is 1. The van der Waals surface area contributed by atoms with Gasteiger partial charge in [0.2, 0.25) is 17.7 Å². The number of carbonyl (C=O) groups excluding carboxylic acids is 3. The number of hydrogen-bond donors (Lipinski definition) is 1. The summed E-state index contributed by atoms with van der Waals surface area (Å²) in [5.74, 6) is -0.336. The van der Waals surface area contributed by atoms with Gasteiger partial charge in [-0.2, -0.15) is 5.10 Å². The Morgan fingerprint density at radius 2 is 1.78 bits per heavy atom. The van der Waals surface area contributed by atoms with Crippen LogP contribution in [0, 0.1) is 11.8 Å². The van der Waals surface area contributed by atoms with Crippen LogP contribution in [0.4, 0.5) is 5.69 Å². The maximum Gasteiger partial charge on any atom is 0.249 e. The first kappa shape index (κ1) is 26.9. The Morgan fingerprint density at radius 3 is 2.46 bits per heavy atom. The molecular weight excluding hydrogens is 466 g/mol. The van der Waals surface area contributed by atoms with Gasteiger partial charge in [0.1, 0.15) is 17.8 Å². The molecule has 0 radical (unpaired) electrons. The van der Waals surface area contributed by atoms with Crippen LogP contribution in [0.3, 0.4) is 0 Å². The van der Waals surface area contributed by atoms with Gasteiger partial charge in [-0.05, 0) is 38.0 Å². The molecule has 2 aromatic rings. The van der Waals surface area contributed by atoms with Crippen LogP contribution in [-0.4, -0.2) is 58.1 Å². The van der Waals surface area contributed by atoms with Crippen molar-refractivity contribution in [3.63, 3.8) is 0 Å². The first-order chi connectivity index (χ1) is 17.8. The monoisotopic (exact) mass is 507 g/mol. The number of nitrogens with zero attached hydrogens (tertiary/aromatic N) is 4. The Balaban J connectivity index is 1.56. The number of anilines is 1. The molecule has 1 aliphatic heterocycles. The fourth-order valence-corrected chi connectivity index (χ4v) is 5.66. The molecule has 8 nitrogen and oxygen atoms in total. The number of amides is 3. The topological polar surface area (TPSA) is 87.5 Å². The SMILES string of the molecule is CC[C@@H](C)C(=O)N[C@H](C(=O)N1CCC[C@H]1C(=O)N(C)c1cn(C)nc1-c1ccccc1)C1CCCCC1. The number of hydrogen-bond acceptors (Lipinski definition) is 4. The highest BCUT2D eigenvalue weighted by Gasteiger charge is 2.42. The van der Waals surface area contributed by atoms with Gasteiger partial charge in [0, 0.05) is 38.3 Å². The number of likely N-dealkylation sites (tertiary alicyclic amines) is 1. The molecule has 0 unspecified atom stereocenters. The van der Waals surface area contributed by atoms with Gasteiger partial charge in [-0.25, -0.2) is 0 Å². The number of aromatic nitrogens is 2. The summed E-state index contributed by atoms with van der Waals surface area (Å²) >= 11 is 0. The number of benzene rings is 1. The lowest BCUT2D eigenvalue weighted by Gasteiger charge is -2.35. The van der Waals surface area contributed by atoms with Gasteiger partial charge in [-0.1, -0.05) is 63.4 Å². The summed E-state index contributed by atoms with van der Waals surface area (Å²) in [6, 6.07) is 8.69. The summed E-state index contributed by atoms with van der Waals surface area (Å²) in [6.45, 7) is 4.41. The average Bonchev–Trinajstić information content (AvgIpc) is 3.58. The molecule has 2 heterocycles. The van der Waals surface area contributed by atoms with Crippen molar-refractivity contribution in [1.82, 2.24) is 20.0 Å². The van der Waals surface area contributed by atoms with E-state index in [2.05, 4.69) is 10.4 Å². The van der Waals surface area contributed by atoms with E-state index in [1.54, 1.807) is 21.5 Å². The average molecular weight is 508 g/mol. The van der Waals surface area contributed by atoms with Crippen LogP contribution in [0.1, 0.15) is 65.2 Å². The van der Waals surface area contributed by atoms with Crippen molar-refractivity contribution in [2.75, 3.05) is 18.5 Å². The summed E-state index contributed by atoms with van der Waals surface area (Å²) in [4.78, 5) is 44.0. The van der Waals surface area contributed by atoms with E-state index < -0.39 is 12.1 Å². The van der Waals surface area contributed by atoms with Crippen molar-refractivity contribution in [1.29, 1.82) is 0 Å². The molecule has 4 rings (SSSR count). The molecular formula is C29H41N5O3. The van der Waals surface area contributed by atoms with Crippen LogP contribution >= 0.6 is 0 Å². The molecule has 1 N–H and O–H groups in total. The lowest BCUT2D eigenvalue weighted by molar-refractivity contribution is -0.142. The normalized spacial score (nSPS) is 19.9. The van der Waals surface area contributed by atoms with Crippen molar-refractivity contribution in [3.8, 4) is 11.3 Å². The van der Waals surface area contributed by atoms with E-state index in [9.17, 15) is 14.4 Å². The zero-order chi connectivity index (χ0) is 26.5. The molecule has 1 aromatic carbocycles. The second-order valence-corrected chi connectivity index (χ2v) is 10.7. The van der Waals surface area contributed by atoms with E-state index in [4.69, 9.17) is 0 Å². The standard InChI is InChI=1S/C29H41N5O3/c1-5-20(2)27(35)30-26(22-15-10-7-11-16-22)29(37)34-18-12-17-23(34)28(36)33(4)24-19-32(3)31-25(24)21-13-8-6-9-14-21/h6,8-9,13-14,19-20,22-23,26H,5,7,10-12,15-18H2,1-4H3,(H,30,35)/t20-,23+,26+/m1/s1. The van der Waals surface area contributed by atoms with E-state index in [0.29, 0.717) is 18.7 Å². The van der Waals surface area contributed by atoms with Gasteiger partial charge < -0.3 is 15.1 Å².